The number of piperidine rings is 1. The highest BCUT2D eigenvalue weighted by Crippen LogP contribution is 2.30. The van der Waals surface area contributed by atoms with E-state index in [0.29, 0.717) is 29.4 Å². The average molecular weight is 395 g/mol. The lowest BCUT2D eigenvalue weighted by Gasteiger charge is -2.35. The monoisotopic (exact) mass is 394 g/mol. The van der Waals surface area contributed by atoms with Crippen molar-refractivity contribution in [3.05, 3.63) is 53.7 Å². The number of nitrogens with zero attached hydrogens (tertiary/aromatic N) is 1. The number of fused-ring (bicyclic) bond motifs is 2. The molecule has 2 saturated heterocycles. The number of carbonyl (C=O) groups is 1. The molecule has 0 aliphatic carbocycles. The van der Waals surface area contributed by atoms with E-state index in [1.54, 1.807) is 24.3 Å². The maximum Gasteiger partial charge on any atom is 0.289 e. The van der Waals surface area contributed by atoms with Gasteiger partial charge in [-0.15, -0.1) is 12.4 Å². The first-order chi connectivity index (χ1) is 12.6. The predicted octanol–water partition coefficient (Wildman–Crippen LogP) is 3.77. The van der Waals surface area contributed by atoms with Gasteiger partial charge in [0, 0.05) is 25.2 Å². The van der Waals surface area contributed by atoms with E-state index in [1.165, 1.54) is 25.0 Å². The second kappa shape index (κ2) is 8.31. The molecule has 5 nitrogen and oxygen atoms in total. The maximum atomic E-state index is 12.9. The third-order valence-corrected chi connectivity index (χ3v) is 5.38. The van der Waals surface area contributed by atoms with Crippen molar-refractivity contribution in [1.29, 1.82) is 0 Å². The van der Waals surface area contributed by atoms with E-state index in [0.717, 1.165) is 12.8 Å². The van der Waals surface area contributed by atoms with E-state index in [1.807, 2.05) is 11.9 Å². The highest BCUT2D eigenvalue weighted by molar-refractivity contribution is 5.91. The summed E-state index contributed by atoms with van der Waals surface area (Å²) in [6, 6.07) is 10.6. The van der Waals surface area contributed by atoms with Crippen molar-refractivity contribution in [2.75, 3.05) is 7.05 Å². The SMILES string of the molecule is CN(C(=O)c1ccc(COc2ccc(F)cc2)o1)C1CC2CCC(C1)N2.Cl. The van der Waals surface area contributed by atoms with Crippen LogP contribution in [0.5, 0.6) is 5.75 Å². The van der Waals surface area contributed by atoms with Crippen molar-refractivity contribution >= 4 is 18.3 Å². The Balaban J connectivity index is 0.00000210. The zero-order valence-corrected chi connectivity index (χ0v) is 16.0. The Bertz CT molecular complexity index is 768. The third-order valence-electron chi connectivity index (χ3n) is 5.38. The van der Waals surface area contributed by atoms with Crippen LogP contribution in [0.2, 0.25) is 0 Å². The summed E-state index contributed by atoms with van der Waals surface area (Å²) >= 11 is 0. The van der Waals surface area contributed by atoms with Gasteiger partial charge in [-0.05, 0) is 62.1 Å². The smallest absolute Gasteiger partial charge is 0.289 e. The minimum atomic E-state index is -0.308. The maximum absolute atomic E-state index is 12.9. The molecule has 4 rings (SSSR count). The summed E-state index contributed by atoms with van der Waals surface area (Å²) in [6.45, 7) is 0.195. The van der Waals surface area contributed by atoms with Crippen molar-refractivity contribution in [1.82, 2.24) is 10.2 Å². The fourth-order valence-electron chi connectivity index (χ4n) is 3.94. The molecule has 2 fully saturated rings. The molecule has 2 aliphatic heterocycles. The zero-order valence-electron chi connectivity index (χ0n) is 15.2. The van der Waals surface area contributed by atoms with Gasteiger partial charge in [0.15, 0.2) is 5.76 Å². The topological polar surface area (TPSA) is 54.7 Å². The quantitative estimate of drug-likeness (QED) is 0.838. The van der Waals surface area contributed by atoms with Crippen LogP contribution in [0.4, 0.5) is 4.39 Å². The molecule has 2 aliphatic rings. The molecule has 3 heterocycles. The zero-order chi connectivity index (χ0) is 18.1. The Hall–Kier alpha value is -2.05. The van der Waals surface area contributed by atoms with Gasteiger partial charge in [0.05, 0.1) is 0 Å². The lowest BCUT2D eigenvalue weighted by Crippen LogP contribution is -2.48. The second-order valence-electron chi connectivity index (χ2n) is 7.19. The van der Waals surface area contributed by atoms with Crippen LogP contribution in [0.1, 0.15) is 42.0 Å². The predicted molar refractivity (Wildman–Crippen MR) is 102 cm³/mol. The number of hydrogen-bond donors (Lipinski definition) is 1. The summed E-state index contributed by atoms with van der Waals surface area (Å²) in [4.78, 5) is 14.5. The Morgan fingerprint density at radius 3 is 2.52 bits per heavy atom. The first-order valence-corrected chi connectivity index (χ1v) is 9.09. The van der Waals surface area contributed by atoms with Crippen LogP contribution in [0.15, 0.2) is 40.8 Å². The first kappa shape index (κ1) is 19.7. The Morgan fingerprint density at radius 1 is 1.19 bits per heavy atom. The summed E-state index contributed by atoms with van der Waals surface area (Å²) in [7, 11) is 1.86. The van der Waals surface area contributed by atoms with Crippen molar-refractivity contribution in [2.45, 2.75) is 50.4 Å². The number of furan rings is 1. The number of hydrogen-bond acceptors (Lipinski definition) is 4. The van der Waals surface area contributed by atoms with E-state index >= 15 is 0 Å². The summed E-state index contributed by atoms with van der Waals surface area (Å²) in [5, 5.41) is 3.59. The fraction of sp³-hybridized carbons (Fsp3) is 0.450. The first-order valence-electron chi connectivity index (χ1n) is 9.09. The molecule has 2 aromatic rings. The van der Waals surface area contributed by atoms with Crippen LogP contribution >= 0.6 is 12.4 Å². The number of nitrogens with one attached hydrogen (secondary N) is 1. The van der Waals surface area contributed by atoms with Gasteiger partial charge in [-0.3, -0.25) is 4.79 Å². The van der Waals surface area contributed by atoms with Gasteiger partial charge in [0.25, 0.3) is 5.91 Å². The molecule has 0 radical (unpaired) electrons. The van der Waals surface area contributed by atoms with E-state index in [2.05, 4.69) is 5.32 Å². The minimum absolute atomic E-state index is 0. The van der Waals surface area contributed by atoms with Gasteiger partial charge < -0.3 is 19.4 Å². The fourth-order valence-corrected chi connectivity index (χ4v) is 3.94. The standard InChI is InChI=1S/C20H23FN2O3.ClH/c1-23(16-10-14-4-5-15(11-16)22-14)20(24)19-9-8-18(26-19)12-25-17-6-2-13(21)3-7-17;/h2-3,6-9,14-16,22H,4-5,10-12H2,1H3;1H. The van der Waals surface area contributed by atoms with Crippen LogP contribution in [0.25, 0.3) is 0 Å². The molecule has 146 valence electrons. The summed E-state index contributed by atoms with van der Waals surface area (Å²) < 4.78 is 24.1. The molecule has 1 N–H and O–H groups in total. The van der Waals surface area contributed by atoms with E-state index < -0.39 is 0 Å². The van der Waals surface area contributed by atoms with Gasteiger partial charge in [-0.25, -0.2) is 4.39 Å². The molecule has 2 atom stereocenters. The normalized spacial score (nSPS) is 23.6. The van der Waals surface area contributed by atoms with Crippen LogP contribution in [-0.4, -0.2) is 36.0 Å². The molecule has 1 aromatic heterocycles. The average Bonchev–Trinajstić information content (AvgIpc) is 3.26. The van der Waals surface area contributed by atoms with Crippen molar-refractivity contribution in [2.24, 2.45) is 0 Å². The number of rotatable bonds is 5. The van der Waals surface area contributed by atoms with Crippen molar-refractivity contribution in [3.63, 3.8) is 0 Å². The summed E-state index contributed by atoms with van der Waals surface area (Å²) in [5.41, 5.74) is 0. The Kier molecular flexibility index (Phi) is 6.07. The highest BCUT2D eigenvalue weighted by Gasteiger charge is 2.37. The summed E-state index contributed by atoms with van der Waals surface area (Å²) in [6.07, 6.45) is 4.41. The minimum Gasteiger partial charge on any atom is -0.486 e. The molecule has 0 spiro atoms. The lowest BCUT2D eigenvalue weighted by molar-refractivity contribution is 0.0646. The summed E-state index contributed by atoms with van der Waals surface area (Å²) in [5.74, 6) is 1.05. The lowest BCUT2D eigenvalue weighted by atomic mass is 9.98. The van der Waals surface area contributed by atoms with Crippen LogP contribution in [0, 0.1) is 5.82 Å². The third kappa shape index (κ3) is 4.45. The number of benzene rings is 1. The Labute approximate surface area is 164 Å². The van der Waals surface area contributed by atoms with Gasteiger partial charge >= 0.3 is 0 Å². The van der Waals surface area contributed by atoms with E-state index in [9.17, 15) is 9.18 Å². The van der Waals surface area contributed by atoms with E-state index in [-0.39, 0.29) is 36.8 Å². The molecule has 27 heavy (non-hydrogen) atoms. The Morgan fingerprint density at radius 2 is 1.85 bits per heavy atom. The van der Waals surface area contributed by atoms with Crippen LogP contribution in [0.3, 0.4) is 0 Å². The molecule has 2 bridgehead atoms. The molecule has 2 unspecified atom stereocenters. The second-order valence-corrected chi connectivity index (χ2v) is 7.19. The molecule has 0 saturated carbocycles. The van der Waals surface area contributed by atoms with Gasteiger partial charge in [0.1, 0.15) is 23.9 Å². The number of amides is 1. The van der Waals surface area contributed by atoms with Gasteiger partial charge in [-0.1, -0.05) is 0 Å². The van der Waals surface area contributed by atoms with Crippen molar-refractivity contribution < 1.29 is 18.3 Å². The molecular weight excluding hydrogens is 371 g/mol. The van der Waals surface area contributed by atoms with Gasteiger partial charge in [-0.2, -0.15) is 0 Å². The van der Waals surface area contributed by atoms with Gasteiger partial charge in [0.2, 0.25) is 0 Å². The number of carbonyl (C=O) groups excluding carboxylic acids is 1. The van der Waals surface area contributed by atoms with Crippen molar-refractivity contribution in [3.8, 4) is 5.75 Å². The molecule has 1 aromatic carbocycles. The molecule has 7 heteroatoms. The largest absolute Gasteiger partial charge is 0.486 e. The van der Waals surface area contributed by atoms with Crippen LogP contribution < -0.4 is 10.1 Å². The number of ether oxygens (including phenoxy) is 1. The molecular formula is C20H24ClFN2O3. The highest BCUT2D eigenvalue weighted by atomic mass is 35.5. The number of halogens is 2. The van der Waals surface area contributed by atoms with E-state index in [4.69, 9.17) is 9.15 Å². The van der Waals surface area contributed by atoms with Crippen LogP contribution in [-0.2, 0) is 6.61 Å². The molecule has 1 amide bonds.